The number of nitrogens with one attached hydrogen (secondary N) is 1. The zero-order chi connectivity index (χ0) is 16.3. The average Bonchev–Trinajstić information content (AvgIpc) is 2.82. The van der Waals surface area contributed by atoms with Gasteiger partial charge >= 0.3 is 6.61 Å². The molecule has 0 atom stereocenters. The van der Waals surface area contributed by atoms with Crippen LogP contribution >= 0.6 is 11.6 Å². The van der Waals surface area contributed by atoms with Gasteiger partial charge in [0.2, 0.25) is 0 Å². The van der Waals surface area contributed by atoms with Crippen molar-refractivity contribution in [2.24, 2.45) is 0 Å². The summed E-state index contributed by atoms with van der Waals surface area (Å²) in [7, 11) is 0. The lowest BCUT2D eigenvalue weighted by Crippen LogP contribution is -2.14. The topological polar surface area (TPSA) is 64.4 Å². The SMILES string of the molecule is CCc1onc(C)c1C(=O)Nc1ccc(OC(F)F)c(Cl)c1. The molecule has 8 heteroatoms. The molecule has 118 valence electrons. The van der Waals surface area contributed by atoms with Gasteiger partial charge in [0.05, 0.1) is 10.7 Å². The minimum atomic E-state index is -2.97. The van der Waals surface area contributed by atoms with Gasteiger partial charge in [0.15, 0.2) is 0 Å². The number of carbonyl (C=O) groups is 1. The van der Waals surface area contributed by atoms with E-state index in [0.717, 1.165) is 0 Å². The van der Waals surface area contributed by atoms with E-state index in [1.807, 2.05) is 6.92 Å². The van der Waals surface area contributed by atoms with E-state index in [0.29, 0.717) is 29.1 Å². The molecule has 2 rings (SSSR count). The summed E-state index contributed by atoms with van der Waals surface area (Å²) in [4.78, 5) is 12.2. The molecule has 0 saturated carbocycles. The lowest BCUT2D eigenvalue weighted by Gasteiger charge is -2.09. The zero-order valence-corrected chi connectivity index (χ0v) is 12.6. The first kappa shape index (κ1) is 16.2. The number of hydrogen-bond acceptors (Lipinski definition) is 4. The van der Waals surface area contributed by atoms with Gasteiger partial charge in [-0.05, 0) is 25.1 Å². The third-order valence-electron chi connectivity index (χ3n) is 2.89. The number of aromatic nitrogens is 1. The second-order valence-corrected chi connectivity index (χ2v) is 4.80. The average molecular weight is 331 g/mol. The van der Waals surface area contributed by atoms with Gasteiger partial charge in [-0.15, -0.1) is 0 Å². The Morgan fingerprint density at radius 3 is 2.82 bits per heavy atom. The lowest BCUT2D eigenvalue weighted by molar-refractivity contribution is -0.0497. The zero-order valence-electron chi connectivity index (χ0n) is 11.8. The molecule has 2 aromatic rings. The summed E-state index contributed by atoms with van der Waals surface area (Å²) < 4.78 is 33.6. The van der Waals surface area contributed by atoms with Crippen LogP contribution in [0.15, 0.2) is 22.7 Å². The quantitative estimate of drug-likeness (QED) is 0.898. The minimum absolute atomic E-state index is 0.0316. The normalized spacial score (nSPS) is 10.8. The highest BCUT2D eigenvalue weighted by Crippen LogP contribution is 2.29. The van der Waals surface area contributed by atoms with E-state index in [9.17, 15) is 13.6 Å². The maximum Gasteiger partial charge on any atom is 0.387 e. The Morgan fingerprint density at radius 2 is 2.23 bits per heavy atom. The summed E-state index contributed by atoms with van der Waals surface area (Å²) in [6.45, 7) is 0.526. The van der Waals surface area contributed by atoms with Crippen molar-refractivity contribution in [3.8, 4) is 5.75 Å². The highest BCUT2D eigenvalue weighted by Gasteiger charge is 2.19. The van der Waals surface area contributed by atoms with Gasteiger partial charge in [-0.25, -0.2) is 0 Å². The van der Waals surface area contributed by atoms with Crippen LogP contribution in [-0.4, -0.2) is 17.7 Å². The van der Waals surface area contributed by atoms with E-state index >= 15 is 0 Å². The molecule has 1 N–H and O–H groups in total. The molecule has 0 radical (unpaired) electrons. The second-order valence-electron chi connectivity index (χ2n) is 4.40. The van der Waals surface area contributed by atoms with Crippen LogP contribution in [0.5, 0.6) is 5.75 Å². The largest absolute Gasteiger partial charge is 0.433 e. The third-order valence-corrected chi connectivity index (χ3v) is 3.18. The Morgan fingerprint density at radius 1 is 1.50 bits per heavy atom. The molecule has 0 bridgehead atoms. The number of anilines is 1. The van der Waals surface area contributed by atoms with Gasteiger partial charge in [0, 0.05) is 12.1 Å². The summed E-state index contributed by atoms with van der Waals surface area (Å²) >= 11 is 5.83. The molecular weight excluding hydrogens is 318 g/mol. The highest BCUT2D eigenvalue weighted by molar-refractivity contribution is 6.32. The molecule has 0 saturated heterocycles. The molecule has 0 aliphatic heterocycles. The van der Waals surface area contributed by atoms with Crippen LogP contribution in [0, 0.1) is 6.92 Å². The van der Waals surface area contributed by atoms with Gasteiger partial charge in [-0.2, -0.15) is 8.78 Å². The van der Waals surface area contributed by atoms with Crippen molar-refractivity contribution in [2.75, 3.05) is 5.32 Å². The molecule has 1 amide bonds. The molecule has 1 aromatic carbocycles. The summed E-state index contributed by atoms with van der Waals surface area (Å²) in [5.74, 6) is -0.0991. The molecule has 0 unspecified atom stereocenters. The van der Waals surface area contributed by atoms with Crippen molar-refractivity contribution in [1.29, 1.82) is 0 Å². The van der Waals surface area contributed by atoms with Crippen LogP contribution in [0.4, 0.5) is 14.5 Å². The number of hydrogen-bond donors (Lipinski definition) is 1. The van der Waals surface area contributed by atoms with E-state index in [4.69, 9.17) is 16.1 Å². The fourth-order valence-electron chi connectivity index (χ4n) is 1.91. The molecule has 1 aromatic heterocycles. The van der Waals surface area contributed by atoms with Crippen molar-refractivity contribution in [3.63, 3.8) is 0 Å². The first-order chi connectivity index (χ1) is 10.4. The fraction of sp³-hybridized carbons (Fsp3) is 0.286. The first-order valence-corrected chi connectivity index (χ1v) is 6.81. The van der Waals surface area contributed by atoms with Crippen LogP contribution in [0.2, 0.25) is 5.02 Å². The number of alkyl halides is 2. The van der Waals surface area contributed by atoms with Gasteiger partial charge in [-0.1, -0.05) is 23.7 Å². The second kappa shape index (κ2) is 6.74. The Bertz CT molecular complexity index is 689. The maximum absolute atomic E-state index is 12.2. The fourth-order valence-corrected chi connectivity index (χ4v) is 2.14. The van der Waals surface area contributed by atoms with Crippen molar-refractivity contribution in [1.82, 2.24) is 5.16 Å². The van der Waals surface area contributed by atoms with E-state index < -0.39 is 12.5 Å². The molecule has 0 aliphatic rings. The number of nitrogens with zero attached hydrogens (tertiary/aromatic N) is 1. The molecular formula is C14H13ClF2N2O3. The predicted molar refractivity (Wildman–Crippen MR) is 76.7 cm³/mol. The van der Waals surface area contributed by atoms with Crippen LogP contribution in [0.25, 0.3) is 0 Å². The number of benzene rings is 1. The molecule has 5 nitrogen and oxygen atoms in total. The monoisotopic (exact) mass is 330 g/mol. The lowest BCUT2D eigenvalue weighted by atomic mass is 10.1. The van der Waals surface area contributed by atoms with Gasteiger partial charge in [-0.3, -0.25) is 4.79 Å². The molecule has 0 fully saturated rings. The van der Waals surface area contributed by atoms with Crippen molar-refractivity contribution < 1.29 is 22.8 Å². The van der Waals surface area contributed by atoms with Gasteiger partial charge in [0.1, 0.15) is 17.1 Å². The van der Waals surface area contributed by atoms with Crippen molar-refractivity contribution >= 4 is 23.2 Å². The van der Waals surface area contributed by atoms with Crippen molar-refractivity contribution in [3.05, 3.63) is 40.2 Å². The minimum Gasteiger partial charge on any atom is -0.433 e. The Balaban J connectivity index is 2.18. The summed E-state index contributed by atoms with van der Waals surface area (Å²) in [6.07, 6.45) is 0.519. The highest BCUT2D eigenvalue weighted by atomic mass is 35.5. The standard InChI is InChI=1S/C14H13ClF2N2O3/c1-3-10-12(7(2)19-22-10)13(20)18-8-4-5-11(9(15)6-8)21-14(16)17/h4-6,14H,3H2,1-2H3,(H,18,20). The summed E-state index contributed by atoms with van der Waals surface area (Å²) in [6, 6.07) is 3.99. The summed E-state index contributed by atoms with van der Waals surface area (Å²) in [5.41, 5.74) is 1.17. The van der Waals surface area contributed by atoms with Crippen LogP contribution in [0.1, 0.15) is 28.7 Å². The number of halogens is 3. The number of aryl methyl sites for hydroxylation is 2. The maximum atomic E-state index is 12.2. The van der Waals surface area contributed by atoms with Crippen molar-refractivity contribution in [2.45, 2.75) is 26.9 Å². The molecule has 22 heavy (non-hydrogen) atoms. The van der Waals surface area contributed by atoms with E-state index in [2.05, 4.69) is 15.2 Å². The smallest absolute Gasteiger partial charge is 0.387 e. The Labute approximate surface area is 130 Å². The van der Waals surface area contributed by atoms with Gasteiger partial charge in [0.25, 0.3) is 5.91 Å². The predicted octanol–water partition coefficient (Wildman–Crippen LogP) is 4.05. The summed E-state index contributed by atoms with van der Waals surface area (Å²) in [5, 5.41) is 6.33. The molecule has 1 heterocycles. The Hall–Kier alpha value is -2.15. The van der Waals surface area contributed by atoms with E-state index in [-0.39, 0.29) is 10.8 Å². The number of ether oxygens (including phenoxy) is 1. The van der Waals surface area contributed by atoms with Crippen LogP contribution < -0.4 is 10.1 Å². The third kappa shape index (κ3) is 3.54. The van der Waals surface area contributed by atoms with Gasteiger partial charge < -0.3 is 14.6 Å². The molecule has 0 aliphatic carbocycles. The van der Waals surface area contributed by atoms with E-state index in [1.54, 1.807) is 6.92 Å². The Kier molecular flexibility index (Phi) is 4.97. The van der Waals surface area contributed by atoms with Crippen LogP contribution in [-0.2, 0) is 6.42 Å². The van der Waals surface area contributed by atoms with Crippen LogP contribution in [0.3, 0.4) is 0 Å². The number of amides is 1. The first-order valence-electron chi connectivity index (χ1n) is 6.43. The number of rotatable bonds is 5. The molecule has 0 spiro atoms. The van der Waals surface area contributed by atoms with E-state index in [1.165, 1.54) is 18.2 Å². The number of carbonyl (C=O) groups excluding carboxylic acids is 1.